The smallest absolute Gasteiger partial charge is 0.267 e. The number of halogens is 1. The summed E-state index contributed by atoms with van der Waals surface area (Å²) in [5.74, 6) is 0.357. The second kappa shape index (κ2) is 6.55. The van der Waals surface area contributed by atoms with E-state index in [1.807, 2.05) is 19.1 Å². The predicted octanol–water partition coefficient (Wildman–Crippen LogP) is 3.60. The molecule has 0 fully saturated rings. The second-order valence-corrected chi connectivity index (χ2v) is 5.31. The molecule has 0 aliphatic carbocycles. The quantitative estimate of drug-likeness (QED) is 0.669. The summed E-state index contributed by atoms with van der Waals surface area (Å²) in [6.07, 6.45) is 0.888. The highest BCUT2D eigenvalue weighted by Crippen LogP contribution is 2.11. The van der Waals surface area contributed by atoms with Crippen LogP contribution < -0.4 is 5.43 Å². The number of hydrogen-bond donors (Lipinski definition) is 1. The van der Waals surface area contributed by atoms with Crippen LogP contribution in [0.3, 0.4) is 0 Å². The highest BCUT2D eigenvalue weighted by Gasteiger charge is 2.04. The fraction of sp³-hybridized carbons (Fsp3) is 0.385. The van der Waals surface area contributed by atoms with Gasteiger partial charge in [0.1, 0.15) is 0 Å². The van der Waals surface area contributed by atoms with Crippen LogP contribution in [0, 0.1) is 5.92 Å². The summed E-state index contributed by atoms with van der Waals surface area (Å²) >= 11 is 3.33. The summed E-state index contributed by atoms with van der Waals surface area (Å²) in [5.41, 5.74) is 4.09. The van der Waals surface area contributed by atoms with Crippen molar-refractivity contribution in [3.05, 3.63) is 34.3 Å². The van der Waals surface area contributed by atoms with E-state index in [0.717, 1.165) is 16.6 Å². The summed E-state index contributed by atoms with van der Waals surface area (Å²) in [7, 11) is 0. The van der Waals surface area contributed by atoms with Crippen LogP contribution in [0.2, 0.25) is 0 Å². The van der Waals surface area contributed by atoms with Crippen molar-refractivity contribution >= 4 is 27.5 Å². The fourth-order valence-corrected chi connectivity index (χ4v) is 1.88. The van der Waals surface area contributed by atoms with Gasteiger partial charge >= 0.3 is 0 Å². The van der Waals surface area contributed by atoms with Gasteiger partial charge in [-0.15, -0.1) is 0 Å². The molecule has 92 valence electrons. The van der Waals surface area contributed by atoms with Gasteiger partial charge in [0.2, 0.25) is 0 Å². The largest absolute Gasteiger partial charge is 0.271 e. The molecule has 0 atom stereocenters. The Morgan fingerprint density at radius 2 is 2.18 bits per heavy atom. The second-order valence-electron chi connectivity index (χ2n) is 4.40. The molecule has 1 rings (SSSR count). The molecule has 0 unspecified atom stereocenters. The Labute approximate surface area is 110 Å². The summed E-state index contributed by atoms with van der Waals surface area (Å²) in [5, 5.41) is 4.07. The zero-order valence-electron chi connectivity index (χ0n) is 10.3. The summed E-state index contributed by atoms with van der Waals surface area (Å²) in [6, 6.07) is 7.23. The van der Waals surface area contributed by atoms with Gasteiger partial charge in [-0.05, 0) is 37.5 Å². The van der Waals surface area contributed by atoms with Crippen LogP contribution in [0.1, 0.15) is 37.6 Å². The van der Waals surface area contributed by atoms with Crippen LogP contribution in [-0.4, -0.2) is 11.6 Å². The van der Waals surface area contributed by atoms with Crippen LogP contribution >= 0.6 is 15.9 Å². The first kappa shape index (κ1) is 13.9. The number of amides is 1. The molecule has 0 aliphatic heterocycles. The molecule has 0 bridgehead atoms. The van der Waals surface area contributed by atoms with Gasteiger partial charge in [0.15, 0.2) is 0 Å². The average Bonchev–Trinajstić information content (AvgIpc) is 2.25. The SMILES string of the molecule is C/C(CC(C)C)=N\NC(=O)c1cccc(Br)c1. The molecule has 1 aromatic rings. The van der Waals surface area contributed by atoms with Crippen molar-refractivity contribution < 1.29 is 4.79 Å². The van der Waals surface area contributed by atoms with Crippen molar-refractivity contribution in [2.75, 3.05) is 0 Å². The van der Waals surface area contributed by atoms with Gasteiger partial charge in [0, 0.05) is 15.7 Å². The summed E-state index contributed by atoms with van der Waals surface area (Å²) in [6.45, 7) is 6.16. The van der Waals surface area contributed by atoms with Crippen molar-refractivity contribution in [1.82, 2.24) is 5.43 Å². The van der Waals surface area contributed by atoms with Crippen molar-refractivity contribution in [2.24, 2.45) is 11.0 Å². The van der Waals surface area contributed by atoms with Gasteiger partial charge in [-0.3, -0.25) is 4.79 Å². The van der Waals surface area contributed by atoms with Crippen LogP contribution in [0.5, 0.6) is 0 Å². The van der Waals surface area contributed by atoms with Crippen LogP contribution in [-0.2, 0) is 0 Å². The van der Waals surface area contributed by atoms with Gasteiger partial charge in [-0.25, -0.2) is 5.43 Å². The molecule has 0 saturated heterocycles. The molecule has 0 saturated carbocycles. The van der Waals surface area contributed by atoms with Crippen molar-refractivity contribution in [3.8, 4) is 0 Å². The van der Waals surface area contributed by atoms with Crippen molar-refractivity contribution in [2.45, 2.75) is 27.2 Å². The Balaban J connectivity index is 2.61. The predicted molar refractivity (Wildman–Crippen MR) is 74.2 cm³/mol. The summed E-state index contributed by atoms with van der Waals surface area (Å²) < 4.78 is 0.882. The van der Waals surface area contributed by atoms with Crippen molar-refractivity contribution in [1.29, 1.82) is 0 Å². The van der Waals surface area contributed by atoms with E-state index in [9.17, 15) is 4.79 Å². The van der Waals surface area contributed by atoms with Gasteiger partial charge < -0.3 is 0 Å². The standard InChI is InChI=1S/C13H17BrN2O/c1-9(2)7-10(3)15-16-13(17)11-5-4-6-12(14)8-11/h4-6,8-9H,7H2,1-3H3,(H,16,17)/b15-10+. The van der Waals surface area contributed by atoms with Gasteiger partial charge in [0.25, 0.3) is 5.91 Å². The van der Waals surface area contributed by atoms with Crippen LogP contribution in [0.4, 0.5) is 0 Å². The maximum Gasteiger partial charge on any atom is 0.271 e. The number of nitrogens with zero attached hydrogens (tertiary/aromatic N) is 1. The molecule has 1 aromatic carbocycles. The molecule has 0 radical (unpaired) electrons. The topological polar surface area (TPSA) is 41.5 Å². The normalized spacial score (nSPS) is 11.7. The lowest BCUT2D eigenvalue weighted by atomic mass is 10.1. The number of carbonyl (C=O) groups excluding carboxylic acids is 1. The van der Waals surface area contributed by atoms with Gasteiger partial charge in [-0.2, -0.15) is 5.10 Å². The molecule has 0 heterocycles. The van der Waals surface area contributed by atoms with E-state index in [-0.39, 0.29) is 5.91 Å². The Kier molecular flexibility index (Phi) is 5.35. The Morgan fingerprint density at radius 3 is 2.76 bits per heavy atom. The minimum Gasteiger partial charge on any atom is -0.267 e. The fourth-order valence-electron chi connectivity index (χ4n) is 1.48. The number of hydrogen-bond acceptors (Lipinski definition) is 2. The van der Waals surface area contributed by atoms with Crippen molar-refractivity contribution in [3.63, 3.8) is 0 Å². The maximum absolute atomic E-state index is 11.7. The van der Waals surface area contributed by atoms with E-state index in [2.05, 4.69) is 40.3 Å². The van der Waals surface area contributed by atoms with E-state index in [0.29, 0.717) is 11.5 Å². The van der Waals surface area contributed by atoms with E-state index >= 15 is 0 Å². The number of rotatable bonds is 4. The molecule has 1 N–H and O–H groups in total. The molecular weight excluding hydrogens is 280 g/mol. The molecule has 0 aromatic heterocycles. The minimum absolute atomic E-state index is 0.186. The van der Waals surface area contributed by atoms with Crippen LogP contribution in [0.15, 0.2) is 33.8 Å². The third kappa shape index (κ3) is 5.13. The number of hydrazone groups is 1. The number of nitrogens with one attached hydrogen (secondary N) is 1. The third-order valence-electron chi connectivity index (χ3n) is 2.14. The Morgan fingerprint density at radius 1 is 1.47 bits per heavy atom. The lowest BCUT2D eigenvalue weighted by Crippen LogP contribution is -2.19. The zero-order valence-corrected chi connectivity index (χ0v) is 11.9. The van der Waals surface area contributed by atoms with Gasteiger partial charge in [0.05, 0.1) is 0 Å². The number of benzene rings is 1. The Bertz CT molecular complexity index is 427. The monoisotopic (exact) mass is 296 g/mol. The first-order valence-electron chi connectivity index (χ1n) is 5.58. The molecule has 1 amide bonds. The first-order chi connectivity index (χ1) is 7.99. The molecule has 3 nitrogen and oxygen atoms in total. The zero-order chi connectivity index (χ0) is 12.8. The highest BCUT2D eigenvalue weighted by molar-refractivity contribution is 9.10. The lowest BCUT2D eigenvalue weighted by molar-refractivity contribution is 0.0954. The highest BCUT2D eigenvalue weighted by atomic mass is 79.9. The summed E-state index contributed by atoms with van der Waals surface area (Å²) in [4.78, 5) is 11.7. The first-order valence-corrected chi connectivity index (χ1v) is 6.37. The van der Waals surface area contributed by atoms with E-state index in [4.69, 9.17) is 0 Å². The molecule has 0 aliphatic rings. The van der Waals surface area contributed by atoms with E-state index < -0.39 is 0 Å². The average molecular weight is 297 g/mol. The van der Waals surface area contributed by atoms with E-state index in [1.165, 1.54) is 0 Å². The molecule has 17 heavy (non-hydrogen) atoms. The molecule has 0 spiro atoms. The van der Waals surface area contributed by atoms with Gasteiger partial charge in [-0.1, -0.05) is 35.8 Å². The number of carbonyl (C=O) groups is 1. The Hall–Kier alpha value is -1.16. The minimum atomic E-state index is -0.186. The molecular formula is C13H17BrN2O. The third-order valence-corrected chi connectivity index (χ3v) is 2.63. The molecule has 4 heteroatoms. The lowest BCUT2D eigenvalue weighted by Gasteiger charge is -2.05. The van der Waals surface area contributed by atoms with E-state index in [1.54, 1.807) is 12.1 Å². The maximum atomic E-state index is 11.7. The van der Waals surface area contributed by atoms with Crippen LogP contribution in [0.25, 0.3) is 0 Å².